The Morgan fingerprint density at radius 1 is 1.31 bits per heavy atom. The van der Waals surface area contributed by atoms with E-state index in [0.29, 0.717) is 17.9 Å². The van der Waals surface area contributed by atoms with Gasteiger partial charge in [-0.3, -0.25) is 4.99 Å². The highest BCUT2D eigenvalue weighted by Crippen LogP contribution is 2.11. The average Bonchev–Trinajstić information content (AvgIpc) is 3.10. The quantitative estimate of drug-likeness (QED) is 0.398. The van der Waals surface area contributed by atoms with E-state index in [0.717, 1.165) is 37.7 Å². The maximum absolute atomic E-state index is 5.29. The summed E-state index contributed by atoms with van der Waals surface area (Å²) in [6.45, 7) is 13.7. The van der Waals surface area contributed by atoms with Gasteiger partial charge in [0.1, 0.15) is 0 Å². The molecule has 0 radical (unpaired) electrons. The van der Waals surface area contributed by atoms with E-state index in [2.05, 4.69) is 53.4 Å². The molecule has 1 saturated heterocycles. The lowest BCUT2D eigenvalue weighted by Crippen LogP contribution is -2.48. The van der Waals surface area contributed by atoms with Gasteiger partial charge in [-0.15, -0.1) is 0 Å². The molecule has 0 spiro atoms. The fourth-order valence-electron chi connectivity index (χ4n) is 3.16. The first-order valence-corrected chi connectivity index (χ1v) is 10.2. The Balaban J connectivity index is 1.73. The van der Waals surface area contributed by atoms with Crippen molar-refractivity contribution in [2.24, 2.45) is 4.99 Å². The molecule has 2 heterocycles. The van der Waals surface area contributed by atoms with E-state index < -0.39 is 0 Å². The van der Waals surface area contributed by atoms with Crippen molar-refractivity contribution in [2.45, 2.75) is 71.8 Å². The van der Waals surface area contributed by atoms with Crippen molar-refractivity contribution in [1.29, 1.82) is 0 Å². The molecule has 1 aliphatic rings. The van der Waals surface area contributed by atoms with Crippen molar-refractivity contribution in [3.8, 4) is 0 Å². The third-order valence-electron chi connectivity index (χ3n) is 4.63. The van der Waals surface area contributed by atoms with Crippen LogP contribution in [0.1, 0.15) is 71.0 Å². The Labute approximate surface area is 158 Å². The number of piperidine rings is 1. The summed E-state index contributed by atoms with van der Waals surface area (Å²) in [6, 6.07) is 0.519. The molecule has 0 bridgehead atoms. The summed E-state index contributed by atoms with van der Waals surface area (Å²) in [7, 11) is 0. The first kappa shape index (κ1) is 20.7. The minimum absolute atomic E-state index is 0.304. The Morgan fingerprint density at radius 3 is 2.69 bits per heavy atom. The Bertz CT molecular complexity index is 534. The van der Waals surface area contributed by atoms with Gasteiger partial charge in [0.15, 0.2) is 11.8 Å². The molecule has 0 amide bonds. The number of nitrogens with zero attached hydrogens (tertiary/aromatic N) is 4. The number of aryl methyl sites for hydroxylation is 1. The zero-order valence-electron chi connectivity index (χ0n) is 16.9. The molecule has 0 atom stereocenters. The Morgan fingerprint density at radius 2 is 2.08 bits per heavy atom. The highest BCUT2D eigenvalue weighted by molar-refractivity contribution is 5.80. The molecule has 0 saturated carbocycles. The second kappa shape index (κ2) is 11.2. The van der Waals surface area contributed by atoms with Crippen molar-refractivity contribution in [3.63, 3.8) is 0 Å². The molecule has 1 fully saturated rings. The summed E-state index contributed by atoms with van der Waals surface area (Å²) in [5.41, 5.74) is 0. The number of aliphatic imine (C=N–C) groups is 1. The van der Waals surface area contributed by atoms with E-state index in [1.807, 2.05) is 0 Å². The van der Waals surface area contributed by atoms with Crippen LogP contribution < -0.4 is 10.6 Å². The lowest BCUT2D eigenvalue weighted by atomic mass is 10.1. The topological polar surface area (TPSA) is 78.6 Å². The van der Waals surface area contributed by atoms with Gasteiger partial charge in [0, 0.05) is 44.6 Å². The molecule has 26 heavy (non-hydrogen) atoms. The second-order valence-electron chi connectivity index (χ2n) is 7.33. The van der Waals surface area contributed by atoms with Gasteiger partial charge in [-0.2, -0.15) is 4.98 Å². The monoisotopic (exact) mass is 364 g/mol. The predicted molar refractivity (Wildman–Crippen MR) is 106 cm³/mol. The molecule has 1 aromatic heterocycles. The summed E-state index contributed by atoms with van der Waals surface area (Å²) >= 11 is 0. The van der Waals surface area contributed by atoms with Gasteiger partial charge >= 0.3 is 0 Å². The van der Waals surface area contributed by atoms with Crippen LogP contribution in [0.15, 0.2) is 9.52 Å². The summed E-state index contributed by atoms with van der Waals surface area (Å²) in [5, 5.41) is 11.0. The molecular weight excluding hydrogens is 328 g/mol. The predicted octanol–water partition coefficient (Wildman–Crippen LogP) is 2.56. The van der Waals surface area contributed by atoms with Gasteiger partial charge in [-0.25, -0.2) is 0 Å². The summed E-state index contributed by atoms with van der Waals surface area (Å²) in [4.78, 5) is 11.7. The first-order valence-electron chi connectivity index (χ1n) is 10.2. The highest BCUT2D eigenvalue weighted by atomic mass is 16.5. The van der Waals surface area contributed by atoms with Crippen LogP contribution in [0.2, 0.25) is 0 Å². The average molecular weight is 365 g/mol. The van der Waals surface area contributed by atoms with Crippen molar-refractivity contribution in [1.82, 2.24) is 25.7 Å². The summed E-state index contributed by atoms with van der Waals surface area (Å²) in [6.07, 6.45) is 5.29. The van der Waals surface area contributed by atoms with Crippen LogP contribution >= 0.6 is 0 Å². The number of hydrogen-bond acceptors (Lipinski definition) is 5. The normalized spacial score (nSPS) is 17.0. The Hall–Kier alpha value is -1.63. The highest BCUT2D eigenvalue weighted by Gasteiger charge is 2.19. The summed E-state index contributed by atoms with van der Waals surface area (Å²) in [5.74, 6) is 2.73. The third kappa shape index (κ3) is 6.94. The van der Waals surface area contributed by atoms with Gasteiger partial charge < -0.3 is 20.1 Å². The van der Waals surface area contributed by atoms with E-state index >= 15 is 0 Å². The third-order valence-corrected chi connectivity index (χ3v) is 4.63. The number of guanidine groups is 1. The van der Waals surface area contributed by atoms with Gasteiger partial charge in [0.25, 0.3) is 0 Å². The second-order valence-corrected chi connectivity index (χ2v) is 7.33. The molecule has 0 aromatic carbocycles. The Kier molecular flexibility index (Phi) is 8.88. The molecule has 1 aliphatic heterocycles. The van der Waals surface area contributed by atoms with Gasteiger partial charge in [-0.05, 0) is 39.2 Å². The minimum Gasteiger partial charge on any atom is -0.357 e. The largest absolute Gasteiger partial charge is 0.357 e. The van der Waals surface area contributed by atoms with E-state index in [1.165, 1.54) is 38.9 Å². The molecule has 2 rings (SSSR count). The van der Waals surface area contributed by atoms with Crippen molar-refractivity contribution >= 4 is 5.96 Å². The molecule has 2 N–H and O–H groups in total. The zero-order chi connectivity index (χ0) is 18.8. The van der Waals surface area contributed by atoms with Crippen LogP contribution in [-0.4, -0.2) is 59.8 Å². The molecule has 148 valence electrons. The van der Waals surface area contributed by atoms with Crippen molar-refractivity contribution in [3.05, 3.63) is 11.7 Å². The maximum atomic E-state index is 5.29. The van der Waals surface area contributed by atoms with Gasteiger partial charge in [-0.1, -0.05) is 25.9 Å². The lowest BCUT2D eigenvalue weighted by Gasteiger charge is -2.32. The number of hydrogen-bond donors (Lipinski definition) is 2. The number of nitrogens with one attached hydrogen (secondary N) is 2. The van der Waals surface area contributed by atoms with Crippen LogP contribution in [-0.2, 0) is 6.42 Å². The summed E-state index contributed by atoms with van der Waals surface area (Å²) < 4.78 is 5.29. The fraction of sp³-hybridized carbons (Fsp3) is 0.842. The van der Waals surface area contributed by atoms with Crippen LogP contribution in [0, 0.1) is 0 Å². The molecule has 7 nitrogen and oxygen atoms in total. The van der Waals surface area contributed by atoms with Crippen LogP contribution in [0.3, 0.4) is 0 Å². The van der Waals surface area contributed by atoms with E-state index in [4.69, 9.17) is 9.52 Å². The van der Waals surface area contributed by atoms with Gasteiger partial charge in [0.2, 0.25) is 5.89 Å². The van der Waals surface area contributed by atoms with Crippen molar-refractivity contribution in [2.75, 3.05) is 32.7 Å². The first-order chi connectivity index (χ1) is 12.6. The van der Waals surface area contributed by atoms with Gasteiger partial charge in [0.05, 0.1) is 0 Å². The molecule has 7 heteroatoms. The van der Waals surface area contributed by atoms with Crippen LogP contribution in [0.5, 0.6) is 0 Å². The SMILES string of the molecule is CCCN1CCC(NC(=NCCCc2nc(C(C)C)no2)NCC)CC1. The molecule has 0 aliphatic carbocycles. The van der Waals surface area contributed by atoms with Crippen LogP contribution in [0.4, 0.5) is 0 Å². The van der Waals surface area contributed by atoms with E-state index in [-0.39, 0.29) is 0 Å². The lowest BCUT2D eigenvalue weighted by molar-refractivity contribution is 0.206. The van der Waals surface area contributed by atoms with E-state index in [1.54, 1.807) is 0 Å². The van der Waals surface area contributed by atoms with Crippen LogP contribution in [0.25, 0.3) is 0 Å². The maximum Gasteiger partial charge on any atom is 0.226 e. The minimum atomic E-state index is 0.304. The number of aromatic nitrogens is 2. The molecule has 0 unspecified atom stereocenters. The van der Waals surface area contributed by atoms with E-state index in [9.17, 15) is 0 Å². The standard InChI is InChI=1S/C19H36N6O/c1-5-12-25-13-9-16(10-14-25)22-19(20-6-2)21-11-7-8-17-23-18(15(3)4)24-26-17/h15-16H,5-14H2,1-4H3,(H2,20,21,22). The number of likely N-dealkylation sites (tertiary alicyclic amines) is 1. The van der Waals surface area contributed by atoms with Crippen molar-refractivity contribution < 1.29 is 4.52 Å². The molecule has 1 aromatic rings. The fourth-order valence-corrected chi connectivity index (χ4v) is 3.16. The number of rotatable bonds is 9. The smallest absolute Gasteiger partial charge is 0.226 e. The molecular formula is C19H36N6O. The zero-order valence-corrected chi connectivity index (χ0v) is 16.9.